The van der Waals surface area contributed by atoms with Gasteiger partial charge >= 0.3 is 0 Å². The van der Waals surface area contributed by atoms with Crippen LogP contribution in [0.4, 0.5) is 5.69 Å². The third-order valence-corrected chi connectivity index (χ3v) is 7.36. The van der Waals surface area contributed by atoms with E-state index in [0.29, 0.717) is 28.2 Å². The zero-order valence-corrected chi connectivity index (χ0v) is 19.6. The van der Waals surface area contributed by atoms with Crippen molar-refractivity contribution in [3.05, 3.63) is 125 Å². The third-order valence-electron chi connectivity index (χ3n) is 6.15. The summed E-state index contributed by atoms with van der Waals surface area (Å²) in [7, 11) is 0. The molecule has 5 nitrogen and oxygen atoms in total. The summed E-state index contributed by atoms with van der Waals surface area (Å²) < 4.78 is 1.65. The van der Waals surface area contributed by atoms with Crippen LogP contribution in [0.1, 0.15) is 10.9 Å². The van der Waals surface area contributed by atoms with Crippen molar-refractivity contribution in [2.24, 2.45) is 0 Å². The molecular weight excluding hydrogens is 454 g/mol. The lowest BCUT2D eigenvalue weighted by molar-refractivity contribution is -0.115. The van der Waals surface area contributed by atoms with E-state index in [0.717, 1.165) is 16.8 Å². The highest BCUT2D eigenvalue weighted by Crippen LogP contribution is 2.41. The van der Waals surface area contributed by atoms with E-state index in [9.17, 15) is 9.59 Å². The maximum Gasteiger partial charge on any atom is 0.266 e. The summed E-state index contributed by atoms with van der Waals surface area (Å²) in [5, 5.41) is 0.492. The molecule has 4 aromatic carbocycles. The summed E-state index contributed by atoms with van der Waals surface area (Å²) >= 11 is 1.62. The zero-order chi connectivity index (χ0) is 23.8. The van der Waals surface area contributed by atoms with Crippen molar-refractivity contribution >= 4 is 34.3 Å². The lowest BCUT2D eigenvalue weighted by atomic mass is 10.1. The fraction of sp³-hybridized carbons (Fsp3) is 0.0690. The largest absolute Gasteiger partial charge is 0.295 e. The van der Waals surface area contributed by atoms with E-state index >= 15 is 0 Å². The minimum Gasteiger partial charge on any atom is -0.295 e. The zero-order valence-electron chi connectivity index (χ0n) is 18.7. The summed E-state index contributed by atoms with van der Waals surface area (Å²) in [6.07, 6.45) is 0. The van der Waals surface area contributed by atoms with Crippen molar-refractivity contribution in [3.8, 4) is 17.1 Å². The maximum absolute atomic E-state index is 13.6. The number of carbonyl (C=O) groups is 1. The van der Waals surface area contributed by atoms with Crippen LogP contribution in [0.5, 0.6) is 0 Å². The van der Waals surface area contributed by atoms with E-state index in [1.165, 1.54) is 0 Å². The van der Waals surface area contributed by atoms with Crippen molar-refractivity contribution in [3.63, 3.8) is 0 Å². The Labute approximate surface area is 206 Å². The van der Waals surface area contributed by atoms with E-state index in [4.69, 9.17) is 4.98 Å². The number of aromatic nitrogens is 2. The molecule has 35 heavy (non-hydrogen) atoms. The molecule has 0 bridgehead atoms. The van der Waals surface area contributed by atoms with Crippen molar-refractivity contribution in [1.29, 1.82) is 0 Å². The monoisotopic (exact) mass is 475 g/mol. The summed E-state index contributed by atoms with van der Waals surface area (Å²) in [5.74, 6) is 1.09. The predicted octanol–water partition coefficient (Wildman–Crippen LogP) is 5.83. The number of para-hydroxylation sites is 1. The van der Waals surface area contributed by atoms with Crippen molar-refractivity contribution in [2.45, 2.75) is 5.37 Å². The second-order valence-corrected chi connectivity index (χ2v) is 9.38. The van der Waals surface area contributed by atoms with Gasteiger partial charge in [0.15, 0.2) is 0 Å². The van der Waals surface area contributed by atoms with Gasteiger partial charge in [-0.1, -0.05) is 72.8 Å². The Balaban J connectivity index is 1.46. The SMILES string of the molecule is O=C1CSC(c2ccccc2)N1c1ccc(-n2c(-c3ccccc3)nc3ccccc3c2=O)cc1. The highest BCUT2D eigenvalue weighted by molar-refractivity contribution is 8.00. The molecule has 0 spiro atoms. The van der Waals surface area contributed by atoms with Crippen LogP contribution in [0.15, 0.2) is 114 Å². The van der Waals surface area contributed by atoms with Gasteiger partial charge in [-0.15, -0.1) is 11.8 Å². The average Bonchev–Trinajstić information content (AvgIpc) is 3.31. The quantitative estimate of drug-likeness (QED) is 0.328. The molecule has 2 heterocycles. The van der Waals surface area contributed by atoms with E-state index in [2.05, 4.69) is 0 Å². The number of carbonyl (C=O) groups excluding carboxylic acids is 1. The number of anilines is 1. The summed E-state index contributed by atoms with van der Waals surface area (Å²) in [5.41, 5.74) is 3.99. The fourth-order valence-electron chi connectivity index (χ4n) is 4.48. The van der Waals surface area contributed by atoms with Gasteiger partial charge in [-0.05, 0) is 42.0 Å². The van der Waals surface area contributed by atoms with Gasteiger partial charge < -0.3 is 0 Å². The van der Waals surface area contributed by atoms with Crippen LogP contribution in [-0.2, 0) is 4.79 Å². The molecule has 5 aromatic rings. The molecule has 1 saturated heterocycles. The molecule has 0 N–H and O–H groups in total. The van der Waals surface area contributed by atoms with Gasteiger partial charge in [0.1, 0.15) is 11.2 Å². The Morgan fingerprint density at radius 1 is 0.714 bits per heavy atom. The smallest absolute Gasteiger partial charge is 0.266 e. The van der Waals surface area contributed by atoms with Gasteiger partial charge in [0, 0.05) is 11.3 Å². The second-order valence-electron chi connectivity index (χ2n) is 8.31. The number of rotatable bonds is 4. The molecule has 0 saturated carbocycles. The van der Waals surface area contributed by atoms with Gasteiger partial charge in [0.2, 0.25) is 5.91 Å². The number of hydrogen-bond acceptors (Lipinski definition) is 4. The van der Waals surface area contributed by atoms with Crippen LogP contribution < -0.4 is 10.5 Å². The van der Waals surface area contributed by atoms with Crippen molar-refractivity contribution in [1.82, 2.24) is 9.55 Å². The second kappa shape index (κ2) is 8.89. The van der Waals surface area contributed by atoms with Crippen molar-refractivity contribution in [2.75, 3.05) is 10.7 Å². The summed E-state index contributed by atoms with van der Waals surface area (Å²) in [6, 6.07) is 34.7. The molecule has 0 radical (unpaired) electrons. The predicted molar refractivity (Wildman–Crippen MR) is 142 cm³/mol. The Morgan fingerprint density at radius 2 is 1.34 bits per heavy atom. The van der Waals surface area contributed by atoms with Crippen LogP contribution in [0.2, 0.25) is 0 Å². The van der Waals surface area contributed by atoms with E-state index in [1.54, 1.807) is 22.4 Å². The molecule has 170 valence electrons. The van der Waals surface area contributed by atoms with Crippen LogP contribution in [0.3, 0.4) is 0 Å². The minimum absolute atomic E-state index is 0.0699. The number of nitrogens with zero attached hydrogens (tertiary/aromatic N) is 3. The first kappa shape index (κ1) is 21.4. The highest BCUT2D eigenvalue weighted by atomic mass is 32.2. The van der Waals surface area contributed by atoms with Gasteiger partial charge in [0.25, 0.3) is 5.56 Å². The molecule has 6 rings (SSSR count). The lowest BCUT2D eigenvalue weighted by Gasteiger charge is -2.24. The van der Waals surface area contributed by atoms with Gasteiger partial charge in [-0.25, -0.2) is 4.98 Å². The topological polar surface area (TPSA) is 55.2 Å². The van der Waals surface area contributed by atoms with E-state index < -0.39 is 0 Å². The standard InChI is InChI=1S/C29H21N3O2S/c33-26-19-35-29(21-11-5-2-6-12-21)31(26)22-15-17-23(18-16-22)32-27(20-9-3-1-4-10-20)30-25-14-8-7-13-24(25)28(32)34/h1-18,29H,19H2. The van der Waals surface area contributed by atoms with Gasteiger partial charge in [-0.2, -0.15) is 0 Å². The summed E-state index contributed by atoms with van der Waals surface area (Å²) in [6.45, 7) is 0. The van der Waals surface area contributed by atoms with Crippen molar-refractivity contribution < 1.29 is 4.79 Å². The average molecular weight is 476 g/mol. The maximum atomic E-state index is 13.6. The van der Waals surface area contributed by atoms with Crippen LogP contribution in [0, 0.1) is 0 Å². The van der Waals surface area contributed by atoms with Crippen LogP contribution in [0.25, 0.3) is 28.0 Å². The number of fused-ring (bicyclic) bond motifs is 1. The fourth-order valence-corrected chi connectivity index (χ4v) is 5.66. The normalized spacial score (nSPS) is 15.6. The first-order chi connectivity index (χ1) is 17.2. The molecule has 1 atom stereocenters. The molecule has 6 heteroatoms. The Kier molecular flexibility index (Phi) is 5.43. The molecule has 1 aliphatic heterocycles. The Hall–Kier alpha value is -4.16. The van der Waals surface area contributed by atoms with Gasteiger partial charge in [0.05, 0.1) is 22.3 Å². The van der Waals surface area contributed by atoms with E-state index in [1.807, 2.05) is 108 Å². The Morgan fingerprint density at radius 3 is 2.09 bits per heavy atom. The lowest BCUT2D eigenvalue weighted by Crippen LogP contribution is -2.28. The molecule has 1 unspecified atom stereocenters. The van der Waals surface area contributed by atoms with Crippen LogP contribution in [-0.4, -0.2) is 21.2 Å². The first-order valence-electron chi connectivity index (χ1n) is 11.4. The first-order valence-corrected chi connectivity index (χ1v) is 12.4. The highest BCUT2D eigenvalue weighted by Gasteiger charge is 2.33. The molecule has 1 aliphatic rings. The molecule has 1 aromatic heterocycles. The summed E-state index contributed by atoms with van der Waals surface area (Å²) in [4.78, 5) is 33.1. The number of benzene rings is 4. The number of hydrogen-bond donors (Lipinski definition) is 0. The Bertz CT molecular complexity index is 1580. The molecule has 1 amide bonds. The number of amides is 1. The van der Waals surface area contributed by atoms with Gasteiger partial charge in [-0.3, -0.25) is 19.1 Å². The molecular formula is C29H21N3O2S. The van der Waals surface area contributed by atoms with Crippen LogP contribution >= 0.6 is 11.8 Å². The minimum atomic E-state index is -0.128. The molecule has 0 aliphatic carbocycles. The number of thioether (sulfide) groups is 1. The third kappa shape index (κ3) is 3.82. The van der Waals surface area contributed by atoms with E-state index in [-0.39, 0.29) is 16.8 Å². The molecule has 1 fully saturated rings.